The maximum Gasteiger partial charge on any atom is 0.306 e. The van der Waals surface area contributed by atoms with Crippen LogP contribution in [0.2, 0.25) is 0 Å². The van der Waals surface area contributed by atoms with Crippen molar-refractivity contribution in [2.75, 3.05) is 7.11 Å². The standard InChI is InChI=1S/C15H20F2O3/c1-15(2,3)20-13(18)7-5-6-10-8-11(16)14(17)12(9-10)19-4/h8-9H,5-7H2,1-4H3. The number of carbonyl (C=O) groups is 1. The first-order chi connectivity index (χ1) is 9.23. The number of methoxy groups -OCH3 is 1. The van der Waals surface area contributed by atoms with E-state index in [1.54, 1.807) is 20.8 Å². The van der Waals surface area contributed by atoms with Crippen molar-refractivity contribution in [3.63, 3.8) is 0 Å². The van der Waals surface area contributed by atoms with Gasteiger partial charge in [0.15, 0.2) is 11.6 Å². The molecule has 5 heteroatoms. The Balaban J connectivity index is 2.54. The van der Waals surface area contributed by atoms with Crippen LogP contribution >= 0.6 is 0 Å². The number of aryl methyl sites for hydroxylation is 1. The zero-order valence-corrected chi connectivity index (χ0v) is 12.3. The minimum absolute atomic E-state index is 0.128. The Morgan fingerprint density at radius 3 is 2.45 bits per heavy atom. The molecule has 0 saturated heterocycles. The van der Waals surface area contributed by atoms with E-state index >= 15 is 0 Å². The second-order valence-electron chi connectivity index (χ2n) is 5.53. The molecule has 0 aliphatic rings. The van der Waals surface area contributed by atoms with Crippen LogP contribution < -0.4 is 4.74 Å². The lowest BCUT2D eigenvalue weighted by atomic mass is 10.1. The van der Waals surface area contributed by atoms with E-state index in [0.717, 1.165) is 6.07 Å². The fraction of sp³-hybridized carbons (Fsp3) is 0.533. The Bertz CT molecular complexity index is 479. The van der Waals surface area contributed by atoms with Gasteiger partial charge in [-0.2, -0.15) is 4.39 Å². The van der Waals surface area contributed by atoms with Crippen molar-refractivity contribution in [1.29, 1.82) is 0 Å². The lowest BCUT2D eigenvalue weighted by Gasteiger charge is -2.19. The highest BCUT2D eigenvalue weighted by atomic mass is 19.2. The average molecular weight is 286 g/mol. The number of hydrogen-bond acceptors (Lipinski definition) is 3. The van der Waals surface area contributed by atoms with Crippen molar-refractivity contribution >= 4 is 5.97 Å². The number of carbonyl (C=O) groups excluding carboxylic acids is 1. The summed E-state index contributed by atoms with van der Waals surface area (Å²) in [7, 11) is 1.28. The van der Waals surface area contributed by atoms with Gasteiger partial charge in [0, 0.05) is 6.42 Å². The number of halogens is 2. The smallest absolute Gasteiger partial charge is 0.306 e. The third kappa shape index (κ3) is 5.15. The van der Waals surface area contributed by atoms with Crippen LogP contribution in [0.3, 0.4) is 0 Å². The Labute approximate surface area is 117 Å². The predicted octanol–water partition coefficient (Wildman–Crippen LogP) is 3.64. The van der Waals surface area contributed by atoms with Crippen LogP contribution in [0.5, 0.6) is 5.75 Å². The molecule has 0 radical (unpaired) electrons. The van der Waals surface area contributed by atoms with Gasteiger partial charge in [0.25, 0.3) is 0 Å². The van der Waals surface area contributed by atoms with Crippen LogP contribution in [0.1, 0.15) is 39.2 Å². The Kier molecular flexibility index (Phi) is 5.48. The first kappa shape index (κ1) is 16.4. The van der Waals surface area contributed by atoms with Crippen molar-refractivity contribution in [2.45, 2.75) is 45.6 Å². The molecule has 0 atom stereocenters. The summed E-state index contributed by atoms with van der Waals surface area (Å²) in [4.78, 5) is 11.5. The van der Waals surface area contributed by atoms with E-state index in [1.807, 2.05) is 0 Å². The van der Waals surface area contributed by atoms with E-state index in [4.69, 9.17) is 9.47 Å². The maximum atomic E-state index is 13.3. The molecule has 0 spiro atoms. The van der Waals surface area contributed by atoms with Crippen LogP contribution in [0.4, 0.5) is 8.78 Å². The molecular formula is C15H20F2O3. The van der Waals surface area contributed by atoms with E-state index in [9.17, 15) is 13.6 Å². The van der Waals surface area contributed by atoms with Crippen molar-refractivity contribution in [1.82, 2.24) is 0 Å². The second kappa shape index (κ2) is 6.68. The molecule has 0 aliphatic heterocycles. The fourth-order valence-corrected chi connectivity index (χ4v) is 1.74. The van der Waals surface area contributed by atoms with Gasteiger partial charge in [-0.25, -0.2) is 4.39 Å². The summed E-state index contributed by atoms with van der Waals surface area (Å²) in [6, 6.07) is 2.56. The van der Waals surface area contributed by atoms with Crippen LogP contribution in [0, 0.1) is 11.6 Å². The monoisotopic (exact) mass is 286 g/mol. The molecule has 0 amide bonds. The molecule has 0 N–H and O–H groups in total. The highest BCUT2D eigenvalue weighted by molar-refractivity contribution is 5.69. The van der Waals surface area contributed by atoms with Crippen molar-refractivity contribution in [2.24, 2.45) is 0 Å². The number of hydrogen-bond donors (Lipinski definition) is 0. The second-order valence-corrected chi connectivity index (χ2v) is 5.53. The maximum absolute atomic E-state index is 13.3. The van der Waals surface area contributed by atoms with Gasteiger partial charge in [0.1, 0.15) is 5.60 Å². The third-order valence-electron chi connectivity index (χ3n) is 2.54. The lowest BCUT2D eigenvalue weighted by molar-refractivity contribution is -0.154. The van der Waals surface area contributed by atoms with Crippen molar-refractivity contribution < 1.29 is 23.0 Å². The van der Waals surface area contributed by atoms with Crippen LogP contribution in [-0.2, 0) is 16.0 Å². The number of ether oxygens (including phenoxy) is 2. The van der Waals surface area contributed by atoms with Crippen LogP contribution in [-0.4, -0.2) is 18.7 Å². The van der Waals surface area contributed by atoms with E-state index in [-0.39, 0.29) is 18.1 Å². The Morgan fingerprint density at radius 2 is 1.90 bits per heavy atom. The summed E-state index contributed by atoms with van der Waals surface area (Å²) in [5, 5.41) is 0. The Hall–Kier alpha value is -1.65. The predicted molar refractivity (Wildman–Crippen MR) is 71.7 cm³/mol. The van der Waals surface area contributed by atoms with Gasteiger partial charge in [-0.15, -0.1) is 0 Å². The van der Waals surface area contributed by atoms with Gasteiger partial charge in [0.2, 0.25) is 5.82 Å². The highest BCUT2D eigenvalue weighted by Gasteiger charge is 2.16. The first-order valence-electron chi connectivity index (χ1n) is 6.46. The zero-order valence-electron chi connectivity index (χ0n) is 12.3. The minimum Gasteiger partial charge on any atom is -0.494 e. The summed E-state index contributed by atoms with van der Waals surface area (Å²) < 4.78 is 36.5. The van der Waals surface area contributed by atoms with Crippen molar-refractivity contribution in [3.8, 4) is 5.75 Å². The summed E-state index contributed by atoms with van der Waals surface area (Å²) in [6.07, 6.45) is 1.19. The molecule has 1 aromatic rings. The molecule has 20 heavy (non-hydrogen) atoms. The molecule has 0 fully saturated rings. The van der Waals surface area contributed by atoms with Gasteiger partial charge >= 0.3 is 5.97 Å². The quantitative estimate of drug-likeness (QED) is 0.775. The van der Waals surface area contributed by atoms with E-state index < -0.39 is 17.2 Å². The fourth-order valence-electron chi connectivity index (χ4n) is 1.74. The van der Waals surface area contributed by atoms with Gasteiger partial charge in [-0.3, -0.25) is 4.79 Å². The lowest BCUT2D eigenvalue weighted by Crippen LogP contribution is -2.23. The molecule has 0 saturated carbocycles. The largest absolute Gasteiger partial charge is 0.494 e. The first-order valence-corrected chi connectivity index (χ1v) is 6.46. The molecule has 3 nitrogen and oxygen atoms in total. The van der Waals surface area contributed by atoms with E-state index in [2.05, 4.69) is 0 Å². The molecule has 0 heterocycles. The SMILES string of the molecule is COc1cc(CCCC(=O)OC(C)(C)C)cc(F)c1F. The number of benzene rings is 1. The summed E-state index contributed by atoms with van der Waals surface area (Å²) >= 11 is 0. The summed E-state index contributed by atoms with van der Waals surface area (Å²) in [5.74, 6) is -2.37. The normalized spacial score (nSPS) is 11.3. The number of esters is 1. The van der Waals surface area contributed by atoms with E-state index in [0.29, 0.717) is 18.4 Å². The Morgan fingerprint density at radius 1 is 1.25 bits per heavy atom. The summed E-state index contributed by atoms with van der Waals surface area (Å²) in [5.41, 5.74) is 0.0757. The molecule has 0 aromatic heterocycles. The zero-order chi connectivity index (χ0) is 15.3. The minimum atomic E-state index is -0.997. The molecule has 0 aliphatic carbocycles. The van der Waals surface area contributed by atoms with Crippen LogP contribution in [0.25, 0.3) is 0 Å². The highest BCUT2D eigenvalue weighted by Crippen LogP contribution is 2.23. The topological polar surface area (TPSA) is 35.5 Å². The molecule has 112 valence electrons. The van der Waals surface area contributed by atoms with Gasteiger partial charge in [-0.05, 0) is 51.3 Å². The van der Waals surface area contributed by atoms with Gasteiger partial charge < -0.3 is 9.47 Å². The molecule has 1 aromatic carbocycles. The van der Waals surface area contributed by atoms with E-state index in [1.165, 1.54) is 13.2 Å². The number of rotatable bonds is 5. The average Bonchev–Trinajstić information content (AvgIpc) is 2.31. The molecular weight excluding hydrogens is 266 g/mol. The van der Waals surface area contributed by atoms with Gasteiger partial charge in [0.05, 0.1) is 7.11 Å². The molecule has 1 rings (SSSR count). The molecule has 0 unspecified atom stereocenters. The van der Waals surface area contributed by atoms with Crippen molar-refractivity contribution in [3.05, 3.63) is 29.3 Å². The summed E-state index contributed by atoms with van der Waals surface area (Å²) in [6.45, 7) is 5.39. The third-order valence-corrected chi connectivity index (χ3v) is 2.54. The van der Waals surface area contributed by atoms with Crippen LogP contribution in [0.15, 0.2) is 12.1 Å². The van der Waals surface area contributed by atoms with Gasteiger partial charge in [-0.1, -0.05) is 0 Å². The molecule has 0 bridgehead atoms.